The number of hydrogen-bond donors (Lipinski definition) is 2. The topological polar surface area (TPSA) is 66.8 Å². The van der Waals surface area contributed by atoms with E-state index in [0.717, 1.165) is 18.2 Å². The van der Waals surface area contributed by atoms with Gasteiger partial charge in [-0.25, -0.2) is 0 Å². The maximum absolute atomic E-state index is 5.89. The zero-order valence-electron chi connectivity index (χ0n) is 12.2. The third-order valence-electron chi connectivity index (χ3n) is 3.73. The maximum atomic E-state index is 5.89. The van der Waals surface area contributed by atoms with Gasteiger partial charge in [-0.1, -0.05) is 6.42 Å². The van der Waals surface area contributed by atoms with Crippen LogP contribution < -0.4 is 11.1 Å². The van der Waals surface area contributed by atoms with Gasteiger partial charge in [-0.05, 0) is 45.0 Å². The van der Waals surface area contributed by atoms with E-state index in [9.17, 15) is 0 Å². The highest BCUT2D eigenvalue weighted by Crippen LogP contribution is 2.25. The number of guanidine groups is 1. The van der Waals surface area contributed by atoms with Crippen molar-refractivity contribution in [3.63, 3.8) is 0 Å². The Hall–Kier alpha value is -0.760. The second kappa shape index (κ2) is 8.51. The van der Waals surface area contributed by atoms with Gasteiger partial charge in [0.15, 0.2) is 5.96 Å². The first-order valence-corrected chi connectivity index (χ1v) is 6.90. The lowest BCUT2D eigenvalue weighted by molar-refractivity contribution is 0.264. The number of halogens is 1. The Morgan fingerprint density at radius 2 is 2.30 bits per heavy atom. The van der Waals surface area contributed by atoms with Crippen LogP contribution in [0.1, 0.15) is 31.1 Å². The van der Waals surface area contributed by atoms with Crippen LogP contribution in [0.4, 0.5) is 0 Å². The lowest BCUT2D eigenvalue weighted by atomic mass is 9.85. The summed E-state index contributed by atoms with van der Waals surface area (Å²) in [5, 5.41) is 3.20. The minimum atomic E-state index is 0. The third kappa shape index (κ3) is 4.97. The minimum Gasteiger partial charge on any atom is -0.468 e. The zero-order chi connectivity index (χ0) is 13.7. The normalized spacial score (nSPS) is 17.4. The fourth-order valence-electron chi connectivity index (χ4n) is 2.18. The lowest BCUT2D eigenvalue weighted by Gasteiger charge is -2.25. The highest BCUT2D eigenvalue weighted by Gasteiger charge is 2.18. The lowest BCUT2D eigenvalue weighted by Crippen LogP contribution is -2.38. The van der Waals surface area contributed by atoms with Crippen molar-refractivity contribution in [2.24, 2.45) is 16.6 Å². The number of furan rings is 1. The summed E-state index contributed by atoms with van der Waals surface area (Å²) in [4.78, 5) is 6.50. The van der Waals surface area contributed by atoms with Crippen molar-refractivity contribution in [3.05, 3.63) is 24.2 Å². The summed E-state index contributed by atoms with van der Waals surface area (Å²) in [5.74, 6) is 2.23. The molecule has 5 nitrogen and oxygen atoms in total. The molecule has 1 aromatic rings. The van der Waals surface area contributed by atoms with Crippen molar-refractivity contribution in [2.45, 2.75) is 25.3 Å². The van der Waals surface area contributed by atoms with Gasteiger partial charge in [-0.15, -0.1) is 24.0 Å². The van der Waals surface area contributed by atoms with Crippen LogP contribution in [0.3, 0.4) is 0 Å². The molecular weight excluding hydrogens is 367 g/mol. The summed E-state index contributed by atoms with van der Waals surface area (Å²) in [6.45, 7) is 1.55. The molecule has 0 spiro atoms. The molecule has 20 heavy (non-hydrogen) atoms. The maximum Gasteiger partial charge on any atom is 0.188 e. The predicted octanol–water partition coefficient (Wildman–Crippen LogP) is 2.20. The monoisotopic (exact) mass is 392 g/mol. The fraction of sp³-hybridized carbons (Fsp3) is 0.643. The summed E-state index contributed by atoms with van der Waals surface area (Å²) in [6.07, 6.45) is 5.67. The van der Waals surface area contributed by atoms with Crippen LogP contribution in [0.15, 0.2) is 27.8 Å². The van der Waals surface area contributed by atoms with E-state index in [1.165, 1.54) is 19.3 Å². The third-order valence-corrected chi connectivity index (χ3v) is 3.73. The molecule has 1 aliphatic rings. The Balaban J connectivity index is 0.00000200. The first-order valence-electron chi connectivity index (χ1n) is 6.90. The second-order valence-electron chi connectivity index (χ2n) is 5.40. The summed E-state index contributed by atoms with van der Waals surface area (Å²) < 4.78 is 5.44. The van der Waals surface area contributed by atoms with Crippen molar-refractivity contribution in [2.75, 3.05) is 27.2 Å². The average molecular weight is 392 g/mol. The van der Waals surface area contributed by atoms with Crippen LogP contribution >= 0.6 is 24.0 Å². The summed E-state index contributed by atoms with van der Waals surface area (Å²) >= 11 is 0. The molecule has 3 N–H and O–H groups in total. The van der Waals surface area contributed by atoms with E-state index < -0.39 is 0 Å². The van der Waals surface area contributed by atoms with E-state index in [1.807, 2.05) is 26.2 Å². The van der Waals surface area contributed by atoms with E-state index in [1.54, 1.807) is 6.26 Å². The molecule has 0 aromatic carbocycles. The molecule has 1 aromatic heterocycles. The van der Waals surface area contributed by atoms with Gasteiger partial charge >= 0.3 is 0 Å². The predicted molar refractivity (Wildman–Crippen MR) is 92.4 cm³/mol. The molecule has 1 heterocycles. The molecule has 1 unspecified atom stereocenters. The number of aliphatic imine (C=N–C) groups is 1. The van der Waals surface area contributed by atoms with Crippen molar-refractivity contribution in [1.29, 1.82) is 0 Å². The molecule has 0 amide bonds. The number of hydrogen-bond acceptors (Lipinski definition) is 3. The fourth-order valence-corrected chi connectivity index (χ4v) is 2.18. The molecule has 114 valence electrons. The van der Waals surface area contributed by atoms with Gasteiger partial charge in [-0.3, -0.25) is 9.89 Å². The molecule has 0 bridgehead atoms. The van der Waals surface area contributed by atoms with Crippen LogP contribution in [0.2, 0.25) is 0 Å². The smallest absolute Gasteiger partial charge is 0.188 e. The number of nitrogens with one attached hydrogen (secondary N) is 1. The Bertz CT molecular complexity index is 401. The molecule has 1 atom stereocenters. The van der Waals surface area contributed by atoms with Crippen LogP contribution in [0.5, 0.6) is 0 Å². The van der Waals surface area contributed by atoms with Gasteiger partial charge < -0.3 is 15.5 Å². The molecular formula is C14H25IN4O. The largest absolute Gasteiger partial charge is 0.468 e. The Labute approximate surface area is 138 Å². The SMILES string of the molecule is CN(C)C(CN=C(N)NCC1CCC1)c1ccco1.I. The first kappa shape index (κ1) is 17.3. The van der Waals surface area contributed by atoms with Gasteiger partial charge in [0.25, 0.3) is 0 Å². The average Bonchev–Trinajstić information content (AvgIpc) is 2.80. The highest BCUT2D eigenvalue weighted by atomic mass is 127. The second-order valence-corrected chi connectivity index (χ2v) is 5.40. The first-order chi connectivity index (χ1) is 9.16. The van der Waals surface area contributed by atoms with Crippen molar-refractivity contribution < 1.29 is 4.42 Å². The summed E-state index contributed by atoms with van der Waals surface area (Å²) in [5.41, 5.74) is 5.89. The molecule has 1 aliphatic carbocycles. The van der Waals surface area contributed by atoms with Gasteiger partial charge in [-0.2, -0.15) is 0 Å². The van der Waals surface area contributed by atoms with Crippen molar-refractivity contribution in [1.82, 2.24) is 10.2 Å². The Morgan fingerprint density at radius 1 is 1.55 bits per heavy atom. The highest BCUT2D eigenvalue weighted by molar-refractivity contribution is 14.0. The molecule has 1 saturated carbocycles. The summed E-state index contributed by atoms with van der Waals surface area (Å²) in [7, 11) is 4.03. The van der Waals surface area contributed by atoms with Crippen LogP contribution in [-0.4, -0.2) is 38.0 Å². The van der Waals surface area contributed by atoms with Gasteiger partial charge in [0.2, 0.25) is 0 Å². The molecule has 1 fully saturated rings. The molecule has 2 rings (SSSR count). The van der Waals surface area contributed by atoms with Gasteiger partial charge in [0, 0.05) is 6.54 Å². The van der Waals surface area contributed by atoms with E-state index in [2.05, 4.69) is 15.2 Å². The van der Waals surface area contributed by atoms with E-state index in [4.69, 9.17) is 10.2 Å². The summed E-state index contributed by atoms with van der Waals surface area (Å²) in [6, 6.07) is 3.99. The Morgan fingerprint density at radius 3 is 2.80 bits per heavy atom. The van der Waals surface area contributed by atoms with Gasteiger partial charge in [0.05, 0.1) is 18.8 Å². The standard InChI is InChI=1S/C14H24N4O.HI/c1-18(2)12(13-7-4-8-19-13)10-17-14(15)16-9-11-5-3-6-11;/h4,7-8,11-12H,3,5-6,9-10H2,1-2H3,(H3,15,16,17);1H. The molecule has 0 aliphatic heterocycles. The number of rotatable bonds is 6. The van der Waals surface area contributed by atoms with Crippen molar-refractivity contribution >= 4 is 29.9 Å². The van der Waals surface area contributed by atoms with E-state index in [-0.39, 0.29) is 30.0 Å². The number of likely N-dealkylation sites (N-methyl/N-ethyl adjacent to an activating group) is 1. The number of nitrogens with zero attached hydrogens (tertiary/aromatic N) is 2. The molecule has 6 heteroatoms. The van der Waals surface area contributed by atoms with Crippen LogP contribution in [-0.2, 0) is 0 Å². The van der Waals surface area contributed by atoms with Crippen LogP contribution in [0.25, 0.3) is 0 Å². The zero-order valence-corrected chi connectivity index (χ0v) is 14.5. The van der Waals surface area contributed by atoms with E-state index in [0.29, 0.717) is 12.5 Å². The van der Waals surface area contributed by atoms with Crippen molar-refractivity contribution in [3.8, 4) is 0 Å². The van der Waals surface area contributed by atoms with E-state index >= 15 is 0 Å². The minimum absolute atomic E-state index is 0. The quantitative estimate of drug-likeness (QED) is 0.443. The van der Waals surface area contributed by atoms with Crippen LogP contribution in [0, 0.1) is 5.92 Å². The molecule has 0 saturated heterocycles. The molecule has 0 radical (unpaired) electrons. The van der Waals surface area contributed by atoms with Gasteiger partial charge in [0.1, 0.15) is 5.76 Å². The Kier molecular flexibility index (Phi) is 7.36. The number of nitrogens with two attached hydrogens (primary N) is 1.